The van der Waals surface area contributed by atoms with Gasteiger partial charge < -0.3 is 11.1 Å². The number of amides is 1. The first-order chi connectivity index (χ1) is 9.38. The molecule has 2 rings (SSSR count). The van der Waals surface area contributed by atoms with Crippen LogP contribution in [0, 0.1) is 11.8 Å². The van der Waals surface area contributed by atoms with Gasteiger partial charge in [-0.15, -0.1) is 0 Å². The molecule has 110 valence electrons. The molecule has 0 aromatic heterocycles. The van der Waals surface area contributed by atoms with Crippen molar-refractivity contribution in [2.45, 2.75) is 26.3 Å². The Balaban J connectivity index is 1.92. The van der Waals surface area contributed by atoms with E-state index in [1.807, 2.05) is 14.0 Å². The molecule has 1 saturated carbocycles. The average molecular weight is 296 g/mol. The first-order valence-electron chi connectivity index (χ1n) is 6.94. The number of likely N-dealkylation sites (N-methyl/N-ethyl adjacent to an activating group) is 1. The molecule has 0 heterocycles. The Morgan fingerprint density at radius 1 is 1.60 bits per heavy atom. The van der Waals surface area contributed by atoms with E-state index in [1.165, 1.54) is 6.42 Å². The Morgan fingerprint density at radius 2 is 2.25 bits per heavy atom. The maximum absolute atomic E-state index is 12.2. The van der Waals surface area contributed by atoms with E-state index in [1.54, 1.807) is 18.2 Å². The summed E-state index contributed by atoms with van der Waals surface area (Å²) in [5.74, 6) is 1.48. The van der Waals surface area contributed by atoms with Gasteiger partial charge in [-0.25, -0.2) is 0 Å². The molecular weight excluding hydrogens is 274 g/mol. The van der Waals surface area contributed by atoms with E-state index in [2.05, 4.69) is 17.1 Å². The summed E-state index contributed by atoms with van der Waals surface area (Å²) in [5, 5.41) is 3.42. The number of anilines is 2. The number of benzene rings is 1. The number of carbonyl (C=O) groups excluding carboxylic acids is 1. The third-order valence-corrected chi connectivity index (χ3v) is 4.35. The largest absolute Gasteiger partial charge is 0.397 e. The Morgan fingerprint density at radius 3 is 2.80 bits per heavy atom. The van der Waals surface area contributed by atoms with E-state index in [4.69, 9.17) is 17.3 Å². The second-order valence-electron chi connectivity index (χ2n) is 5.81. The highest BCUT2D eigenvalue weighted by Gasteiger charge is 2.34. The zero-order valence-electron chi connectivity index (χ0n) is 12.2. The van der Waals surface area contributed by atoms with Crippen molar-refractivity contribution in [2.24, 2.45) is 11.8 Å². The second-order valence-corrected chi connectivity index (χ2v) is 6.25. The minimum atomic E-state index is -0.183. The van der Waals surface area contributed by atoms with Gasteiger partial charge in [0.1, 0.15) is 0 Å². The summed E-state index contributed by atoms with van der Waals surface area (Å²) >= 11 is 5.84. The topological polar surface area (TPSA) is 58.4 Å². The number of carbonyl (C=O) groups is 1. The Hall–Kier alpha value is -1.26. The molecule has 0 radical (unpaired) electrons. The van der Waals surface area contributed by atoms with Crippen LogP contribution < -0.4 is 11.1 Å². The molecule has 0 aliphatic heterocycles. The molecule has 1 aromatic rings. The van der Waals surface area contributed by atoms with Gasteiger partial charge in [0.15, 0.2) is 0 Å². The minimum absolute atomic E-state index is 0.0465. The molecule has 1 aromatic carbocycles. The molecule has 4 nitrogen and oxygen atoms in total. The lowest BCUT2D eigenvalue weighted by atomic mass is 10.2. The van der Waals surface area contributed by atoms with Crippen molar-refractivity contribution in [2.75, 3.05) is 24.6 Å². The predicted octanol–water partition coefficient (Wildman–Crippen LogP) is 2.84. The van der Waals surface area contributed by atoms with Crippen LogP contribution in [-0.4, -0.2) is 30.4 Å². The van der Waals surface area contributed by atoms with E-state index < -0.39 is 0 Å². The third-order valence-electron chi connectivity index (χ3n) is 4.11. The number of nitrogens with one attached hydrogen (secondary N) is 1. The lowest BCUT2D eigenvalue weighted by molar-refractivity contribution is -0.120. The molecule has 5 heteroatoms. The summed E-state index contributed by atoms with van der Waals surface area (Å²) in [6, 6.07) is 4.90. The van der Waals surface area contributed by atoms with Crippen molar-refractivity contribution in [3.05, 3.63) is 23.2 Å². The maximum atomic E-state index is 12.2. The zero-order valence-corrected chi connectivity index (χ0v) is 12.9. The van der Waals surface area contributed by atoms with Gasteiger partial charge in [-0.2, -0.15) is 0 Å². The number of nitrogen functional groups attached to an aromatic ring is 1. The van der Waals surface area contributed by atoms with Crippen LogP contribution in [0.3, 0.4) is 0 Å². The number of nitrogens with two attached hydrogens (primary N) is 1. The first kappa shape index (κ1) is 15.1. The highest BCUT2D eigenvalue weighted by molar-refractivity contribution is 6.31. The van der Waals surface area contributed by atoms with Gasteiger partial charge in [-0.3, -0.25) is 9.69 Å². The van der Waals surface area contributed by atoms with Crippen molar-refractivity contribution >= 4 is 28.9 Å². The number of halogens is 1. The Bertz CT molecular complexity index is 506. The normalized spacial score (nSPS) is 22.6. The van der Waals surface area contributed by atoms with E-state index in [0.29, 0.717) is 16.4 Å². The molecule has 0 saturated heterocycles. The summed E-state index contributed by atoms with van der Waals surface area (Å²) in [5.41, 5.74) is 6.94. The molecule has 1 amide bonds. The molecule has 1 aliphatic carbocycles. The molecule has 0 spiro atoms. The number of rotatable bonds is 5. The van der Waals surface area contributed by atoms with E-state index in [0.717, 1.165) is 18.4 Å². The monoisotopic (exact) mass is 295 g/mol. The third kappa shape index (κ3) is 3.64. The Labute approximate surface area is 125 Å². The van der Waals surface area contributed by atoms with Gasteiger partial charge in [-0.05, 0) is 50.4 Å². The maximum Gasteiger partial charge on any atom is 0.241 e. The number of nitrogens with zero attached hydrogens (tertiary/aromatic N) is 1. The van der Waals surface area contributed by atoms with Crippen LogP contribution in [0.25, 0.3) is 0 Å². The van der Waals surface area contributed by atoms with Crippen LogP contribution in [0.15, 0.2) is 18.2 Å². The fraction of sp³-hybridized carbons (Fsp3) is 0.533. The predicted molar refractivity (Wildman–Crippen MR) is 83.9 cm³/mol. The van der Waals surface area contributed by atoms with Crippen LogP contribution in [0.2, 0.25) is 5.02 Å². The van der Waals surface area contributed by atoms with Crippen molar-refractivity contribution in [3.63, 3.8) is 0 Å². The standard InChI is InChI=1S/C15H22ClN3O/c1-9-6-11(9)8-19(3)10(2)15(20)18-14-5-4-12(16)7-13(14)17/h4-5,7,9-11H,6,8,17H2,1-3H3,(H,18,20). The molecule has 1 aliphatic rings. The van der Waals surface area contributed by atoms with Crippen molar-refractivity contribution in [1.29, 1.82) is 0 Å². The fourth-order valence-electron chi connectivity index (χ4n) is 2.27. The van der Waals surface area contributed by atoms with Gasteiger partial charge in [0.2, 0.25) is 5.91 Å². The molecule has 20 heavy (non-hydrogen) atoms. The Kier molecular flexibility index (Phi) is 4.55. The van der Waals surface area contributed by atoms with Gasteiger partial charge in [0.05, 0.1) is 17.4 Å². The van der Waals surface area contributed by atoms with Gasteiger partial charge in [-0.1, -0.05) is 18.5 Å². The molecule has 1 fully saturated rings. The number of hydrogen-bond acceptors (Lipinski definition) is 3. The van der Waals surface area contributed by atoms with Crippen LogP contribution in [0.5, 0.6) is 0 Å². The lowest BCUT2D eigenvalue weighted by Crippen LogP contribution is -2.40. The fourth-order valence-corrected chi connectivity index (χ4v) is 2.45. The zero-order chi connectivity index (χ0) is 14.9. The molecular formula is C15H22ClN3O. The van der Waals surface area contributed by atoms with Crippen LogP contribution in [0.1, 0.15) is 20.3 Å². The summed E-state index contributed by atoms with van der Waals surface area (Å²) in [4.78, 5) is 14.3. The van der Waals surface area contributed by atoms with E-state index in [-0.39, 0.29) is 11.9 Å². The second kappa shape index (κ2) is 6.02. The smallest absolute Gasteiger partial charge is 0.241 e. The molecule has 0 bridgehead atoms. The van der Waals surface area contributed by atoms with Gasteiger partial charge >= 0.3 is 0 Å². The number of hydrogen-bond donors (Lipinski definition) is 2. The molecule has 3 atom stereocenters. The quantitative estimate of drug-likeness (QED) is 0.821. The van der Waals surface area contributed by atoms with E-state index >= 15 is 0 Å². The summed E-state index contributed by atoms with van der Waals surface area (Å²) in [7, 11) is 1.99. The highest BCUT2D eigenvalue weighted by Crippen LogP contribution is 2.38. The summed E-state index contributed by atoms with van der Waals surface area (Å²) in [6.45, 7) is 5.12. The van der Waals surface area contributed by atoms with Crippen molar-refractivity contribution in [1.82, 2.24) is 4.90 Å². The van der Waals surface area contributed by atoms with Gasteiger partial charge in [0, 0.05) is 11.6 Å². The molecule has 3 N–H and O–H groups in total. The van der Waals surface area contributed by atoms with Crippen LogP contribution >= 0.6 is 11.6 Å². The lowest BCUT2D eigenvalue weighted by Gasteiger charge is -2.24. The van der Waals surface area contributed by atoms with Crippen molar-refractivity contribution < 1.29 is 4.79 Å². The van der Waals surface area contributed by atoms with Gasteiger partial charge in [0.25, 0.3) is 0 Å². The van der Waals surface area contributed by atoms with Crippen LogP contribution in [-0.2, 0) is 4.79 Å². The van der Waals surface area contributed by atoms with Crippen LogP contribution in [0.4, 0.5) is 11.4 Å². The molecule has 3 unspecified atom stereocenters. The SMILES string of the molecule is CC1CC1CN(C)C(C)C(=O)Nc1ccc(Cl)cc1N. The van der Waals surface area contributed by atoms with E-state index in [9.17, 15) is 4.79 Å². The van der Waals surface area contributed by atoms with Crippen molar-refractivity contribution in [3.8, 4) is 0 Å². The summed E-state index contributed by atoms with van der Waals surface area (Å²) in [6.07, 6.45) is 1.27. The first-order valence-corrected chi connectivity index (χ1v) is 7.32. The highest BCUT2D eigenvalue weighted by atomic mass is 35.5. The summed E-state index contributed by atoms with van der Waals surface area (Å²) < 4.78 is 0. The minimum Gasteiger partial charge on any atom is -0.397 e. The average Bonchev–Trinajstić information content (AvgIpc) is 3.07.